The molecule has 0 saturated carbocycles. The molecule has 3 heterocycles. The summed E-state index contributed by atoms with van der Waals surface area (Å²) in [6.07, 6.45) is 0.958. The minimum absolute atomic E-state index is 0.0502. The molecule has 7 nitrogen and oxygen atoms in total. The summed E-state index contributed by atoms with van der Waals surface area (Å²) in [5, 5.41) is 3.01. The number of nitrogens with zero attached hydrogens (tertiary/aromatic N) is 2. The second-order valence-corrected chi connectivity index (χ2v) is 8.31. The van der Waals surface area contributed by atoms with Crippen LogP contribution in [0.1, 0.15) is 55.8 Å². The summed E-state index contributed by atoms with van der Waals surface area (Å²) in [4.78, 5) is 45.0. The predicted molar refractivity (Wildman–Crippen MR) is 114 cm³/mol. The molecule has 158 valence electrons. The molecule has 2 aliphatic rings. The highest BCUT2D eigenvalue weighted by Gasteiger charge is 2.41. The molecular formula is C23H28N4O3. The van der Waals surface area contributed by atoms with E-state index in [2.05, 4.69) is 15.2 Å². The van der Waals surface area contributed by atoms with Gasteiger partial charge in [0.05, 0.1) is 0 Å². The summed E-state index contributed by atoms with van der Waals surface area (Å²) in [6.45, 7) is 7.93. The summed E-state index contributed by atoms with van der Waals surface area (Å²) >= 11 is 0. The number of nitrogens with one attached hydrogen (secondary N) is 2. The highest BCUT2D eigenvalue weighted by atomic mass is 16.2. The number of amides is 2. The minimum atomic E-state index is -0.217. The zero-order valence-electron chi connectivity index (χ0n) is 17.7. The number of aromatic nitrogens is 1. The van der Waals surface area contributed by atoms with Crippen LogP contribution in [0.3, 0.4) is 0 Å². The van der Waals surface area contributed by atoms with Gasteiger partial charge in [-0.1, -0.05) is 18.2 Å². The van der Waals surface area contributed by atoms with Crippen molar-refractivity contribution in [2.24, 2.45) is 0 Å². The fourth-order valence-electron chi connectivity index (χ4n) is 4.84. The van der Waals surface area contributed by atoms with Gasteiger partial charge in [-0.25, -0.2) is 0 Å². The Morgan fingerprint density at radius 2 is 1.87 bits per heavy atom. The third-order valence-corrected chi connectivity index (χ3v) is 6.36. The first-order valence-electron chi connectivity index (χ1n) is 10.4. The molecule has 0 aliphatic carbocycles. The average molecular weight is 409 g/mol. The summed E-state index contributed by atoms with van der Waals surface area (Å²) in [6, 6.07) is 9.68. The van der Waals surface area contributed by atoms with Crippen molar-refractivity contribution < 1.29 is 14.4 Å². The predicted octanol–water partition coefficient (Wildman–Crippen LogP) is 2.16. The number of rotatable bonds is 5. The van der Waals surface area contributed by atoms with Crippen molar-refractivity contribution in [3.8, 4) is 0 Å². The molecule has 30 heavy (non-hydrogen) atoms. The van der Waals surface area contributed by atoms with Gasteiger partial charge in [-0.2, -0.15) is 0 Å². The maximum Gasteiger partial charge on any atom is 0.268 e. The summed E-state index contributed by atoms with van der Waals surface area (Å²) < 4.78 is 0. The molecule has 1 unspecified atom stereocenters. The smallest absolute Gasteiger partial charge is 0.268 e. The molecule has 2 fully saturated rings. The van der Waals surface area contributed by atoms with Gasteiger partial charge in [-0.15, -0.1) is 0 Å². The normalized spacial score (nSPS) is 22.8. The molecule has 2 N–H and O–H groups in total. The number of ketones is 1. The van der Waals surface area contributed by atoms with E-state index in [9.17, 15) is 14.4 Å². The van der Waals surface area contributed by atoms with Crippen LogP contribution in [0.4, 0.5) is 0 Å². The fraction of sp³-hybridized carbons (Fsp3) is 0.435. The van der Waals surface area contributed by atoms with Gasteiger partial charge in [0.15, 0.2) is 5.78 Å². The van der Waals surface area contributed by atoms with E-state index in [1.807, 2.05) is 35.2 Å². The maximum atomic E-state index is 13.0. The molecular weight excluding hydrogens is 380 g/mol. The Hall–Kier alpha value is -2.93. The zero-order valence-corrected chi connectivity index (χ0v) is 17.7. The second kappa shape index (κ2) is 8.07. The van der Waals surface area contributed by atoms with Gasteiger partial charge in [-0.3, -0.25) is 19.3 Å². The number of aryl methyl sites for hydroxylation is 1. The molecule has 2 saturated heterocycles. The Kier molecular flexibility index (Phi) is 5.47. The number of hydrogen-bond acceptors (Lipinski definition) is 4. The fourth-order valence-corrected chi connectivity index (χ4v) is 4.84. The van der Waals surface area contributed by atoms with Gasteiger partial charge in [0.1, 0.15) is 5.69 Å². The van der Waals surface area contributed by atoms with Crippen LogP contribution in [0.15, 0.2) is 30.3 Å². The van der Waals surface area contributed by atoms with Gasteiger partial charge >= 0.3 is 0 Å². The van der Waals surface area contributed by atoms with E-state index in [4.69, 9.17) is 0 Å². The maximum absolute atomic E-state index is 13.0. The molecule has 4 rings (SSSR count). The summed E-state index contributed by atoms with van der Waals surface area (Å²) in [7, 11) is 0. The number of aromatic amines is 1. The van der Waals surface area contributed by atoms with E-state index in [-0.39, 0.29) is 29.7 Å². The van der Waals surface area contributed by atoms with Gasteiger partial charge in [0.2, 0.25) is 0 Å². The topological polar surface area (TPSA) is 85.5 Å². The van der Waals surface area contributed by atoms with Crippen molar-refractivity contribution in [3.63, 3.8) is 0 Å². The highest BCUT2D eigenvalue weighted by molar-refractivity contribution is 6.02. The molecule has 1 aromatic carbocycles. The number of fused-ring (bicyclic) bond motifs is 2. The van der Waals surface area contributed by atoms with Crippen molar-refractivity contribution in [2.45, 2.75) is 39.3 Å². The van der Waals surface area contributed by atoms with Gasteiger partial charge in [0, 0.05) is 55.1 Å². The van der Waals surface area contributed by atoms with Crippen LogP contribution in [0.5, 0.6) is 0 Å². The van der Waals surface area contributed by atoms with Crippen molar-refractivity contribution in [1.82, 2.24) is 20.1 Å². The minimum Gasteiger partial charge on any atom is -0.354 e. The molecule has 1 aromatic heterocycles. The Bertz CT molecular complexity index is 982. The second-order valence-electron chi connectivity index (χ2n) is 8.31. The number of carbonyl (C=O) groups excluding carboxylic acids is 3. The van der Waals surface area contributed by atoms with Crippen LogP contribution in [0, 0.1) is 13.8 Å². The lowest BCUT2D eigenvalue weighted by atomic mass is 10.1. The first-order valence-corrected chi connectivity index (χ1v) is 10.4. The average Bonchev–Trinajstić information content (AvgIpc) is 3.28. The SMILES string of the molecule is CC(=O)c1c(C)[nH]c(C(=O)NC[C@@H]2CN(C(=O)c3ccccc3)[C@H]3CCN2C3)c1C. The third-order valence-electron chi connectivity index (χ3n) is 6.36. The van der Waals surface area contributed by atoms with Crippen molar-refractivity contribution in [2.75, 3.05) is 26.2 Å². The Labute approximate surface area is 176 Å². The molecule has 2 bridgehead atoms. The van der Waals surface area contributed by atoms with Crippen molar-refractivity contribution in [3.05, 3.63) is 58.4 Å². The van der Waals surface area contributed by atoms with Gasteiger partial charge < -0.3 is 15.2 Å². The van der Waals surface area contributed by atoms with Crippen LogP contribution in [-0.2, 0) is 0 Å². The summed E-state index contributed by atoms with van der Waals surface area (Å²) in [5.41, 5.74) is 3.12. The van der Waals surface area contributed by atoms with E-state index in [0.29, 0.717) is 41.2 Å². The number of carbonyl (C=O) groups is 3. The Balaban J connectivity index is 1.45. The van der Waals surface area contributed by atoms with Crippen LogP contribution in [0.2, 0.25) is 0 Å². The lowest BCUT2D eigenvalue weighted by Crippen LogP contribution is -2.57. The van der Waals surface area contributed by atoms with E-state index in [0.717, 1.165) is 19.5 Å². The number of benzene rings is 1. The molecule has 0 radical (unpaired) electrons. The molecule has 2 amide bonds. The van der Waals surface area contributed by atoms with Gasteiger partial charge in [-0.05, 0) is 44.9 Å². The van der Waals surface area contributed by atoms with E-state index in [1.54, 1.807) is 13.8 Å². The standard InChI is InChI=1S/C23H28N4O3/c1-14-20(16(3)28)15(2)25-21(14)22(29)24-11-19-13-27(18-9-10-26(19)12-18)23(30)17-7-5-4-6-8-17/h4-8,18-19,25H,9-13H2,1-3H3,(H,24,29)/t18-,19+/m0/s1. The molecule has 7 heteroatoms. The van der Waals surface area contributed by atoms with Crippen molar-refractivity contribution >= 4 is 17.6 Å². The monoisotopic (exact) mass is 408 g/mol. The third kappa shape index (κ3) is 3.65. The zero-order chi connectivity index (χ0) is 21.4. The van der Waals surface area contributed by atoms with E-state index < -0.39 is 0 Å². The lowest BCUT2D eigenvalue weighted by molar-refractivity contribution is 0.0493. The number of H-pyrrole nitrogens is 1. The van der Waals surface area contributed by atoms with Crippen LogP contribution >= 0.6 is 0 Å². The molecule has 2 aliphatic heterocycles. The Morgan fingerprint density at radius 3 is 2.53 bits per heavy atom. The van der Waals surface area contributed by atoms with Crippen LogP contribution in [0.25, 0.3) is 0 Å². The molecule has 3 atom stereocenters. The number of piperazine rings is 1. The van der Waals surface area contributed by atoms with E-state index in [1.165, 1.54) is 6.92 Å². The number of Topliss-reactive ketones (excluding diaryl/α,β-unsaturated/α-hetero) is 1. The van der Waals surface area contributed by atoms with E-state index >= 15 is 0 Å². The molecule has 0 spiro atoms. The highest BCUT2D eigenvalue weighted by Crippen LogP contribution is 2.26. The summed E-state index contributed by atoms with van der Waals surface area (Å²) in [5.74, 6) is -0.212. The number of hydrogen-bond donors (Lipinski definition) is 2. The lowest BCUT2D eigenvalue weighted by Gasteiger charge is -2.40. The Morgan fingerprint density at radius 1 is 1.13 bits per heavy atom. The largest absolute Gasteiger partial charge is 0.354 e. The van der Waals surface area contributed by atoms with Crippen LogP contribution in [-0.4, -0.2) is 70.6 Å². The van der Waals surface area contributed by atoms with Crippen LogP contribution < -0.4 is 5.32 Å². The molecule has 2 aromatic rings. The van der Waals surface area contributed by atoms with Crippen molar-refractivity contribution in [1.29, 1.82) is 0 Å². The van der Waals surface area contributed by atoms with Gasteiger partial charge in [0.25, 0.3) is 11.8 Å². The quantitative estimate of drug-likeness (QED) is 0.743. The first kappa shape index (κ1) is 20.3. The first-order chi connectivity index (χ1) is 14.4.